The molecule has 4 heterocycles. The van der Waals surface area contributed by atoms with Gasteiger partial charge in [0.1, 0.15) is 24.7 Å². The summed E-state index contributed by atoms with van der Waals surface area (Å²) in [6.45, 7) is 1.33. The number of hydrogen-bond donors (Lipinski definition) is 0. The molecule has 0 unspecified atom stereocenters. The van der Waals surface area contributed by atoms with E-state index in [1.165, 1.54) is 0 Å². The lowest BCUT2D eigenvalue weighted by molar-refractivity contribution is 0.174. The van der Waals surface area contributed by atoms with Gasteiger partial charge in [-0.2, -0.15) is 0 Å². The van der Waals surface area contributed by atoms with Crippen molar-refractivity contribution in [1.82, 2.24) is 24.3 Å². The van der Waals surface area contributed by atoms with Crippen LogP contribution in [0.4, 0.5) is 0 Å². The molecule has 0 N–H and O–H groups in total. The Hall–Kier alpha value is -3.20. The summed E-state index contributed by atoms with van der Waals surface area (Å²) in [7, 11) is 1.64. The summed E-state index contributed by atoms with van der Waals surface area (Å²) in [5, 5.41) is 10.1. The van der Waals surface area contributed by atoms with E-state index in [-0.39, 0.29) is 6.10 Å². The van der Waals surface area contributed by atoms with Gasteiger partial charge in [-0.1, -0.05) is 35.3 Å². The zero-order valence-corrected chi connectivity index (χ0v) is 19.1. The fraction of sp³-hybridized carbons (Fsp3) is 0.217. The van der Waals surface area contributed by atoms with Gasteiger partial charge in [-0.25, -0.2) is 9.98 Å². The minimum absolute atomic E-state index is 0.180. The molecule has 33 heavy (non-hydrogen) atoms. The monoisotopic (exact) mass is 480 g/mol. The van der Waals surface area contributed by atoms with E-state index in [9.17, 15) is 0 Å². The smallest absolute Gasteiger partial charge is 0.238 e. The molecule has 1 atom stereocenters. The lowest BCUT2D eigenvalue weighted by Gasteiger charge is -2.13. The van der Waals surface area contributed by atoms with Crippen molar-refractivity contribution in [2.75, 3.05) is 13.7 Å². The number of nitrogens with zero attached hydrogens (tertiary/aromatic N) is 6. The molecule has 166 valence electrons. The molecule has 0 aliphatic carbocycles. The summed E-state index contributed by atoms with van der Waals surface area (Å²) in [6.07, 6.45) is 1.61. The molecular formula is C23H18Cl2N6O2. The van der Waals surface area contributed by atoms with Gasteiger partial charge in [-0.3, -0.25) is 4.57 Å². The van der Waals surface area contributed by atoms with Crippen molar-refractivity contribution < 1.29 is 9.47 Å². The maximum Gasteiger partial charge on any atom is 0.238 e. The predicted molar refractivity (Wildman–Crippen MR) is 124 cm³/mol. The SMILES string of the molecule is COCc1nnc2n1Cc1c(C3=NC[C@@H](c4ccc(Cl)cc4)O3)ncn1-c1ccc(Cl)cc1-2. The van der Waals surface area contributed by atoms with E-state index in [0.717, 1.165) is 28.3 Å². The minimum atomic E-state index is -0.180. The first-order valence-electron chi connectivity index (χ1n) is 10.4. The third-order valence-corrected chi connectivity index (χ3v) is 6.32. The summed E-state index contributed by atoms with van der Waals surface area (Å²) in [4.78, 5) is 9.35. The highest BCUT2D eigenvalue weighted by Gasteiger charge is 2.31. The number of aromatic nitrogens is 5. The van der Waals surface area contributed by atoms with E-state index in [4.69, 9.17) is 32.7 Å². The predicted octanol–water partition coefficient (Wildman–Crippen LogP) is 4.46. The van der Waals surface area contributed by atoms with Crippen LogP contribution < -0.4 is 0 Å². The van der Waals surface area contributed by atoms with E-state index in [1.807, 2.05) is 51.6 Å². The number of methoxy groups -OCH3 is 1. The van der Waals surface area contributed by atoms with E-state index in [2.05, 4.69) is 20.2 Å². The number of hydrogen-bond acceptors (Lipinski definition) is 6. The molecule has 4 aromatic rings. The van der Waals surface area contributed by atoms with Crippen molar-refractivity contribution in [3.63, 3.8) is 0 Å². The first kappa shape index (κ1) is 20.4. The second-order valence-electron chi connectivity index (χ2n) is 7.83. The summed E-state index contributed by atoms with van der Waals surface area (Å²) in [6, 6.07) is 13.3. The fourth-order valence-corrected chi connectivity index (χ4v) is 4.55. The maximum atomic E-state index is 6.33. The molecule has 0 bridgehead atoms. The Morgan fingerprint density at radius 1 is 1.09 bits per heavy atom. The second kappa shape index (κ2) is 7.98. The summed E-state index contributed by atoms with van der Waals surface area (Å²) in [5.74, 6) is 1.96. The highest BCUT2D eigenvalue weighted by atomic mass is 35.5. The molecule has 10 heteroatoms. The van der Waals surface area contributed by atoms with E-state index < -0.39 is 0 Å². The Morgan fingerprint density at radius 3 is 2.73 bits per heavy atom. The largest absolute Gasteiger partial charge is 0.466 e. The van der Waals surface area contributed by atoms with Crippen LogP contribution in [0.25, 0.3) is 17.1 Å². The third-order valence-electron chi connectivity index (χ3n) is 5.83. The van der Waals surface area contributed by atoms with Gasteiger partial charge in [-0.15, -0.1) is 10.2 Å². The van der Waals surface area contributed by atoms with Crippen molar-refractivity contribution in [1.29, 1.82) is 0 Å². The maximum absolute atomic E-state index is 6.33. The van der Waals surface area contributed by atoms with Crippen LogP contribution in [0, 0.1) is 0 Å². The topological polar surface area (TPSA) is 79.3 Å². The van der Waals surface area contributed by atoms with Crippen molar-refractivity contribution in [2.45, 2.75) is 19.3 Å². The molecule has 2 aliphatic heterocycles. The van der Waals surface area contributed by atoms with Crippen LogP contribution in [-0.4, -0.2) is 43.9 Å². The minimum Gasteiger partial charge on any atom is -0.466 e. The molecule has 0 saturated carbocycles. The Morgan fingerprint density at radius 2 is 1.91 bits per heavy atom. The van der Waals surface area contributed by atoms with Gasteiger partial charge in [0.25, 0.3) is 0 Å². The molecule has 0 saturated heterocycles. The standard InChI is InChI=1S/C23H18Cl2N6O2/c1-32-11-20-28-29-22-16-8-15(25)6-7-17(16)31-12-27-21(18(31)10-30(20)22)23-26-9-19(33-23)13-2-4-14(24)5-3-13/h2-8,12,19H,9-11H2,1H3/t19-/m0/s1. The second-order valence-corrected chi connectivity index (χ2v) is 8.71. The quantitative estimate of drug-likeness (QED) is 0.379. The van der Waals surface area contributed by atoms with E-state index in [1.54, 1.807) is 13.4 Å². The van der Waals surface area contributed by atoms with Gasteiger partial charge in [0.15, 0.2) is 11.6 Å². The Balaban J connectivity index is 1.43. The number of aliphatic imine (C=N–C) groups is 1. The first-order chi connectivity index (χ1) is 16.1. The van der Waals surface area contributed by atoms with Crippen LogP contribution in [0.2, 0.25) is 10.0 Å². The molecule has 6 rings (SSSR count). The number of fused-ring (bicyclic) bond motifs is 5. The van der Waals surface area contributed by atoms with Gasteiger partial charge in [0.2, 0.25) is 5.90 Å². The summed E-state index contributed by atoms with van der Waals surface area (Å²) >= 11 is 12.4. The third kappa shape index (κ3) is 3.42. The number of imidazole rings is 1. The Kier molecular flexibility index (Phi) is 4.94. The normalized spacial score (nSPS) is 16.5. The summed E-state index contributed by atoms with van der Waals surface area (Å²) in [5.41, 5.74) is 4.42. The lowest BCUT2D eigenvalue weighted by Crippen LogP contribution is -2.13. The fourth-order valence-electron chi connectivity index (χ4n) is 4.25. The van der Waals surface area contributed by atoms with E-state index >= 15 is 0 Å². The van der Waals surface area contributed by atoms with Crippen molar-refractivity contribution in [2.24, 2.45) is 4.99 Å². The summed E-state index contributed by atoms with van der Waals surface area (Å²) < 4.78 is 15.6. The van der Waals surface area contributed by atoms with Gasteiger partial charge >= 0.3 is 0 Å². The number of ether oxygens (including phenoxy) is 2. The highest BCUT2D eigenvalue weighted by Crippen LogP contribution is 2.35. The van der Waals surface area contributed by atoms with Crippen LogP contribution in [0.1, 0.15) is 28.9 Å². The number of benzene rings is 2. The van der Waals surface area contributed by atoms with Crippen LogP contribution >= 0.6 is 23.2 Å². The molecule has 2 aromatic heterocycles. The average Bonchev–Trinajstić information content (AvgIpc) is 3.53. The molecule has 2 aliphatic rings. The zero-order valence-electron chi connectivity index (χ0n) is 17.6. The van der Waals surface area contributed by atoms with Crippen molar-refractivity contribution in [3.05, 3.63) is 81.6 Å². The van der Waals surface area contributed by atoms with Gasteiger partial charge in [0.05, 0.1) is 24.5 Å². The highest BCUT2D eigenvalue weighted by molar-refractivity contribution is 6.31. The molecule has 8 nitrogen and oxygen atoms in total. The lowest BCUT2D eigenvalue weighted by atomic mass is 10.1. The van der Waals surface area contributed by atoms with Crippen LogP contribution in [-0.2, 0) is 22.6 Å². The zero-order chi connectivity index (χ0) is 22.5. The van der Waals surface area contributed by atoms with Crippen LogP contribution in [0.5, 0.6) is 0 Å². The molecule has 0 spiro atoms. The Labute approximate surface area is 199 Å². The average molecular weight is 481 g/mol. The molecule has 0 fully saturated rings. The molecule has 0 radical (unpaired) electrons. The van der Waals surface area contributed by atoms with E-state index in [0.29, 0.717) is 47.2 Å². The van der Waals surface area contributed by atoms with Gasteiger partial charge < -0.3 is 14.0 Å². The number of rotatable bonds is 4. The molecular weight excluding hydrogens is 463 g/mol. The van der Waals surface area contributed by atoms with Crippen molar-refractivity contribution >= 4 is 29.1 Å². The molecule has 0 amide bonds. The molecule has 2 aromatic carbocycles. The van der Waals surface area contributed by atoms with Gasteiger partial charge in [0, 0.05) is 22.7 Å². The number of halogens is 2. The van der Waals surface area contributed by atoms with Crippen LogP contribution in [0.15, 0.2) is 53.8 Å². The van der Waals surface area contributed by atoms with Crippen molar-refractivity contribution in [3.8, 4) is 17.1 Å². The Bertz CT molecular complexity index is 1390. The van der Waals surface area contributed by atoms with Gasteiger partial charge in [-0.05, 0) is 35.9 Å². The van der Waals surface area contributed by atoms with Crippen LogP contribution in [0.3, 0.4) is 0 Å². The first-order valence-corrected chi connectivity index (χ1v) is 11.1.